The number of piperidine rings is 1. The predicted molar refractivity (Wildman–Crippen MR) is 67.8 cm³/mol. The first kappa shape index (κ1) is 14.4. The average molecular weight is 243 g/mol. The van der Waals surface area contributed by atoms with Crippen molar-refractivity contribution in [2.75, 3.05) is 40.8 Å². The van der Waals surface area contributed by atoms with Crippen molar-refractivity contribution in [1.82, 2.24) is 15.1 Å². The molecule has 1 heterocycles. The van der Waals surface area contributed by atoms with Crippen molar-refractivity contribution in [3.8, 4) is 0 Å². The molecule has 0 aromatic rings. The van der Waals surface area contributed by atoms with Gasteiger partial charge in [0.25, 0.3) is 0 Å². The molecule has 2 unspecified atom stereocenters. The van der Waals surface area contributed by atoms with Crippen LogP contribution in [0.2, 0.25) is 0 Å². The van der Waals surface area contributed by atoms with Crippen LogP contribution in [0.4, 0.5) is 0 Å². The third-order valence-electron chi connectivity index (χ3n) is 3.07. The lowest BCUT2D eigenvalue weighted by Gasteiger charge is -2.37. The van der Waals surface area contributed by atoms with Gasteiger partial charge < -0.3 is 20.2 Å². The third-order valence-corrected chi connectivity index (χ3v) is 3.07. The summed E-state index contributed by atoms with van der Waals surface area (Å²) in [4.78, 5) is 15.8. The number of rotatable bonds is 5. The lowest BCUT2D eigenvalue weighted by atomic mass is 10.0. The highest BCUT2D eigenvalue weighted by molar-refractivity contribution is 5.82. The molecule has 17 heavy (non-hydrogen) atoms. The highest BCUT2D eigenvalue weighted by atomic mass is 16.3. The molecule has 100 valence electrons. The standard InChI is InChI=1S/C12H25N3O2/c1-12(17,8-14(3)4)9-15-7-5-6-10(13-2)11(15)16/h10,13,17H,5-9H2,1-4H3. The topological polar surface area (TPSA) is 55.8 Å². The Labute approximate surface area is 104 Å². The summed E-state index contributed by atoms with van der Waals surface area (Å²) in [5.41, 5.74) is -0.852. The molecule has 1 fully saturated rings. The molecular weight excluding hydrogens is 218 g/mol. The number of likely N-dealkylation sites (tertiary alicyclic amines) is 1. The molecule has 1 amide bonds. The van der Waals surface area contributed by atoms with Crippen LogP contribution in [0.15, 0.2) is 0 Å². The van der Waals surface area contributed by atoms with E-state index in [1.54, 1.807) is 11.8 Å². The Kier molecular flexibility index (Phi) is 4.91. The number of nitrogens with one attached hydrogen (secondary N) is 1. The Morgan fingerprint density at radius 2 is 2.24 bits per heavy atom. The number of carbonyl (C=O) groups is 1. The fourth-order valence-electron chi connectivity index (χ4n) is 2.51. The summed E-state index contributed by atoms with van der Waals surface area (Å²) >= 11 is 0. The number of β-amino-alcohol motifs (C(OH)–C–C–N with tert-alkyl or cyclic N) is 1. The molecule has 5 heteroatoms. The van der Waals surface area contributed by atoms with Crippen molar-refractivity contribution in [1.29, 1.82) is 0 Å². The SMILES string of the molecule is CNC1CCCN(CC(C)(O)CN(C)C)C1=O. The smallest absolute Gasteiger partial charge is 0.239 e. The number of carbonyl (C=O) groups excluding carboxylic acids is 1. The largest absolute Gasteiger partial charge is 0.387 e. The lowest BCUT2D eigenvalue weighted by Crippen LogP contribution is -2.55. The van der Waals surface area contributed by atoms with Crippen LogP contribution in [-0.4, -0.2) is 73.2 Å². The van der Waals surface area contributed by atoms with Gasteiger partial charge in [0.2, 0.25) is 5.91 Å². The van der Waals surface area contributed by atoms with Crippen LogP contribution in [0.1, 0.15) is 19.8 Å². The number of hydrogen-bond acceptors (Lipinski definition) is 4. The van der Waals surface area contributed by atoms with Gasteiger partial charge in [-0.1, -0.05) is 0 Å². The second kappa shape index (κ2) is 5.80. The van der Waals surface area contributed by atoms with Gasteiger partial charge in [0.1, 0.15) is 0 Å². The van der Waals surface area contributed by atoms with E-state index in [4.69, 9.17) is 0 Å². The van der Waals surface area contributed by atoms with E-state index in [1.807, 2.05) is 26.0 Å². The number of aliphatic hydroxyl groups is 1. The van der Waals surface area contributed by atoms with Gasteiger partial charge in [-0.05, 0) is 40.9 Å². The second-order valence-electron chi connectivity index (χ2n) is 5.48. The molecule has 0 bridgehead atoms. The molecule has 0 aromatic heterocycles. The van der Waals surface area contributed by atoms with Crippen molar-refractivity contribution in [2.45, 2.75) is 31.4 Å². The van der Waals surface area contributed by atoms with Crippen LogP contribution >= 0.6 is 0 Å². The average Bonchev–Trinajstić information content (AvgIpc) is 2.19. The van der Waals surface area contributed by atoms with Crippen LogP contribution in [0.3, 0.4) is 0 Å². The van der Waals surface area contributed by atoms with E-state index in [2.05, 4.69) is 5.32 Å². The highest BCUT2D eigenvalue weighted by Gasteiger charge is 2.32. The van der Waals surface area contributed by atoms with Crippen LogP contribution in [0.25, 0.3) is 0 Å². The molecule has 0 saturated carbocycles. The predicted octanol–water partition coefficient (Wildman–Crippen LogP) is -0.491. The van der Waals surface area contributed by atoms with E-state index in [1.165, 1.54) is 0 Å². The first-order chi connectivity index (χ1) is 7.85. The maximum absolute atomic E-state index is 12.1. The number of amides is 1. The first-order valence-corrected chi connectivity index (χ1v) is 6.19. The zero-order chi connectivity index (χ0) is 13.1. The maximum atomic E-state index is 12.1. The summed E-state index contributed by atoms with van der Waals surface area (Å²) in [6.07, 6.45) is 1.89. The van der Waals surface area contributed by atoms with Crippen molar-refractivity contribution in [3.05, 3.63) is 0 Å². The number of likely N-dealkylation sites (N-methyl/N-ethyl adjacent to an activating group) is 2. The monoisotopic (exact) mass is 243 g/mol. The Morgan fingerprint density at radius 1 is 1.59 bits per heavy atom. The number of nitrogens with zero attached hydrogens (tertiary/aromatic N) is 2. The Balaban J connectivity index is 2.58. The number of hydrogen-bond donors (Lipinski definition) is 2. The second-order valence-corrected chi connectivity index (χ2v) is 5.48. The van der Waals surface area contributed by atoms with Gasteiger partial charge in [-0.2, -0.15) is 0 Å². The van der Waals surface area contributed by atoms with E-state index in [9.17, 15) is 9.90 Å². The molecule has 1 saturated heterocycles. The molecule has 0 radical (unpaired) electrons. The summed E-state index contributed by atoms with van der Waals surface area (Å²) in [7, 11) is 5.65. The normalized spacial score (nSPS) is 25.2. The van der Waals surface area contributed by atoms with Gasteiger partial charge in [-0.25, -0.2) is 0 Å². The Morgan fingerprint density at radius 3 is 2.76 bits per heavy atom. The van der Waals surface area contributed by atoms with Gasteiger partial charge in [0.05, 0.1) is 18.2 Å². The first-order valence-electron chi connectivity index (χ1n) is 6.19. The van der Waals surface area contributed by atoms with E-state index < -0.39 is 5.60 Å². The Hall–Kier alpha value is -0.650. The lowest BCUT2D eigenvalue weighted by molar-refractivity contribution is -0.139. The van der Waals surface area contributed by atoms with Crippen molar-refractivity contribution < 1.29 is 9.90 Å². The van der Waals surface area contributed by atoms with Gasteiger partial charge in [0.15, 0.2) is 0 Å². The summed E-state index contributed by atoms with van der Waals surface area (Å²) in [6.45, 7) is 3.49. The van der Waals surface area contributed by atoms with E-state index >= 15 is 0 Å². The van der Waals surface area contributed by atoms with E-state index in [0.29, 0.717) is 13.1 Å². The minimum Gasteiger partial charge on any atom is -0.387 e. The molecule has 2 N–H and O–H groups in total. The zero-order valence-corrected chi connectivity index (χ0v) is 11.4. The zero-order valence-electron chi connectivity index (χ0n) is 11.4. The molecule has 5 nitrogen and oxygen atoms in total. The van der Waals surface area contributed by atoms with Crippen LogP contribution in [0.5, 0.6) is 0 Å². The minimum absolute atomic E-state index is 0.0843. The van der Waals surface area contributed by atoms with Gasteiger partial charge >= 0.3 is 0 Å². The minimum atomic E-state index is -0.852. The van der Waals surface area contributed by atoms with E-state index in [0.717, 1.165) is 19.4 Å². The maximum Gasteiger partial charge on any atom is 0.239 e. The highest BCUT2D eigenvalue weighted by Crippen LogP contribution is 2.15. The molecule has 0 spiro atoms. The van der Waals surface area contributed by atoms with Gasteiger partial charge in [-0.15, -0.1) is 0 Å². The summed E-state index contributed by atoms with van der Waals surface area (Å²) in [5.74, 6) is 0.109. The van der Waals surface area contributed by atoms with Crippen molar-refractivity contribution in [2.24, 2.45) is 0 Å². The molecule has 1 aliphatic heterocycles. The summed E-state index contributed by atoms with van der Waals surface area (Å²) in [6, 6.07) is -0.0843. The van der Waals surface area contributed by atoms with Gasteiger partial charge in [-0.3, -0.25) is 4.79 Å². The van der Waals surface area contributed by atoms with Crippen LogP contribution in [-0.2, 0) is 4.79 Å². The molecule has 1 aliphatic rings. The molecular formula is C12H25N3O2. The Bertz CT molecular complexity index is 266. The van der Waals surface area contributed by atoms with Crippen molar-refractivity contribution in [3.63, 3.8) is 0 Å². The van der Waals surface area contributed by atoms with Crippen LogP contribution < -0.4 is 5.32 Å². The van der Waals surface area contributed by atoms with E-state index in [-0.39, 0.29) is 11.9 Å². The van der Waals surface area contributed by atoms with Crippen LogP contribution in [0, 0.1) is 0 Å². The molecule has 2 atom stereocenters. The summed E-state index contributed by atoms with van der Waals surface area (Å²) in [5, 5.41) is 13.3. The van der Waals surface area contributed by atoms with Gasteiger partial charge in [0, 0.05) is 13.1 Å². The fraction of sp³-hybridized carbons (Fsp3) is 0.917. The van der Waals surface area contributed by atoms with Crippen molar-refractivity contribution >= 4 is 5.91 Å². The third kappa shape index (κ3) is 4.26. The molecule has 0 aliphatic carbocycles. The molecule has 0 aromatic carbocycles. The summed E-state index contributed by atoms with van der Waals surface area (Å²) < 4.78 is 0. The molecule has 1 rings (SSSR count). The fourth-order valence-corrected chi connectivity index (χ4v) is 2.51. The quantitative estimate of drug-likeness (QED) is 0.684.